The van der Waals surface area contributed by atoms with Crippen molar-refractivity contribution in [1.82, 2.24) is 19.6 Å². The second-order valence-corrected chi connectivity index (χ2v) is 5.51. The largest absolute Gasteiger partial charge is 0.494 e. The molecule has 0 saturated heterocycles. The summed E-state index contributed by atoms with van der Waals surface area (Å²) in [6, 6.07) is 9.98. The Balaban J connectivity index is 2.11. The molecule has 0 amide bonds. The SMILES string of the molecule is COc1ccc(-c2c(C)nn3cccnc23)c2ccc(C)nc12. The normalized spacial score (nSPS) is 11.3. The van der Waals surface area contributed by atoms with Crippen molar-refractivity contribution in [2.75, 3.05) is 7.11 Å². The van der Waals surface area contributed by atoms with Crippen LogP contribution in [-0.4, -0.2) is 26.7 Å². The van der Waals surface area contributed by atoms with E-state index in [9.17, 15) is 0 Å². The summed E-state index contributed by atoms with van der Waals surface area (Å²) >= 11 is 0. The monoisotopic (exact) mass is 304 g/mol. The number of methoxy groups -OCH3 is 1. The fourth-order valence-corrected chi connectivity index (χ4v) is 2.98. The van der Waals surface area contributed by atoms with Gasteiger partial charge in [0.25, 0.3) is 0 Å². The van der Waals surface area contributed by atoms with Gasteiger partial charge in [-0.3, -0.25) is 0 Å². The van der Waals surface area contributed by atoms with Crippen LogP contribution in [0.2, 0.25) is 0 Å². The number of rotatable bonds is 2. The lowest BCUT2D eigenvalue weighted by Crippen LogP contribution is -1.93. The molecule has 3 aromatic heterocycles. The molecule has 0 radical (unpaired) electrons. The highest BCUT2D eigenvalue weighted by Crippen LogP contribution is 2.36. The van der Waals surface area contributed by atoms with E-state index in [2.05, 4.69) is 27.2 Å². The van der Waals surface area contributed by atoms with Gasteiger partial charge in [0.2, 0.25) is 0 Å². The maximum absolute atomic E-state index is 5.47. The minimum atomic E-state index is 0.773. The van der Waals surface area contributed by atoms with Crippen LogP contribution in [0.1, 0.15) is 11.4 Å². The Bertz CT molecular complexity index is 1040. The van der Waals surface area contributed by atoms with Crippen molar-refractivity contribution in [3.8, 4) is 16.9 Å². The topological polar surface area (TPSA) is 52.3 Å². The third-order valence-corrected chi connectivity index (χ3v) is 4.02. The lowest BCUT2D eigenvalue weighted by molar-refractivity contribution is 0.419. The number of ether oxygens (including phenoxy) is 1. The minimum absolute atomic E-state index is 0.773. The van der Waals surface area contributed by atoms with Gasteiger partial charge in [-0.05, 0) is 43.7 Å². The molecule has 114 valence electrons. The minimum Gasteiger partial charge on any atom is -0.494 e. The molecule has 0 aliphatic rings. The van der Waals surface area contributed by atoms with Crippen LogP contribution >= 0.6 is 0 Å². The van der Waals surface area contributed by atoms with Gasteiger partial charge in [0.1, 0.15) is 11.3 Å². The van der Waals surface area contributed by atoms with Crippen molar-refractivity contribution in [1.29, 1.82) is 0 Å². The quantitative estimate of drug-likeness (QED) is 0.568. The van der Waals surface area contributed by atoms with E-state index >= 15 is 0 Å². The molecule has 5 nitrogen and oxygen atoms in total. The summed E-state index contributed by atoms with van der Waals surface area (Å²) in [5.41, 5.74) is 5.71. The van der Waals surface area contributed by atoms with Crippen LogP contribution in [-0.2, 0) is 0 Å². The predicted octanol–water partition coefficient (Wildman–Crippen LogP) is 3.57. The van der Waals surface area contributed by atoms with Crippen molar-refractivity contribution in [3.05, 3.63) is 54.1 Å². The summed E-state index contributed by atoms with van der Waals surface area (Å²) in [6.45, 7) is 3.98. The molecule has 4 rings (SSSR count). The summed E-state index contributed by atoms with van der Waals surface area (Å²) < 4.78 is 7.28. The van der Waals surface area contributed by atoms with E-state index in [1.54, 1.807) is 13.3 Å². The number of fused-ring (bicyclic) bond motifs is 2. The molecule has 0 unspecified atom stereocenters. The van der Waals surface area contributed by atoms with Crippen LogP contribution in [0, 0.1) is 13.8 Å². The highest BCUT2D eigenvalue weighted by Gasteiger charge is 2.17. The zero-order valence-corrected chi connectivity index (χ0v) is 13.2. The summed E-state index contributed by atoms with van der Waals surface area (Å²) in [5.74, 6) is 0.773. The lowest BCUT2D eigenvalue weighted by Gasteiger charge is -2.10. The first-order valence-electron chi connectivity index (χ1n) is 7.43. The highest BCUT2D eigenvalue weighted by atomic mass is 16.5. The summed E-state index contributed by atoms with van der Waals surface area (Å²) in [6.07, 6.45) is 3.70. The van der Waals surface area contributed by atoms with Gasteiger partial charge in [-0.15, -0.1) is 0 Å². The van der Waals surface area contributed by atoms with Gasteiger partial charge in [-0.25, -0.2) is 14.5 Å². The standard InChI is InChI=1S/C18H16N4O/c1-11-5-6-14-13(7-8-15(23-3)17(14)20-11)16-12(2)21-22-10-4-9-19-18(16)22/h4-10H,1-3H3. The average molecular weight is 304 g/mol. The zero-order valence-electron chi connectivity index (χ0n) is 13.2. The molecule has 0 saturated carbocycles. The van der Waals surface area contributed by atoms with Crippen LogP contribution in [0.5, 0.6) is 5.75 Å². The van der Waals surface area contributed by atoms with Crippen molar-refractivity contribution >= 4 is 16.6 Å². The van der Waals surface area contributed by atoms with E-state index in [0.717, 1.165) is 44.8 Å². The van der Waals surface area contributed by atoms with E-state index < -0.39 is 0 Å². The van der Waals surface area contributed by atoms with Crippen molar-refractivity contribution in [2.24, 2.45) is 0 Å². The van der Waals surface area contributed by atoms with E-state index in [0.29, 0.717) is 0 Å². The van der Waals surface area contributed by atoms with Crippen LogP contribution in [0.25, 0.3) is 27.7 Å². The molecule has 0 spiro atoms. The molecule has 0 bridgehead atoms. The molecule has 0 N–H and O–H groups in total. The van der Waals surface area contributed by atoms with Crippen LogP contribution < -0.4 is 4.74 Å². The van der Waals surface area contributed by atoms with Gasteiger partial charge in [0, 0.05) is 23.5 Å². The first-order chi connectivity index (χ1) is 11.2. The van der Waals surface area contributed by atoms with Crippen molar-refractivity contribution in [3.63, 3.8) is 0 Å². The third kappa shape index (κ3) is 2.04. The Hall–Kier alpha value is -2.95. The Kier molecular flexibility index (Phi) is 3.01. The second kappa shape index (κ2) is 5.05. The van der Waals surface area contributed by atoms with Crippen molar-refractivity contribution in [2.45, 2.75) is 13.8 Å². The molecule has 1 aromatic carbocycles. The Labute approximate surface area is 133 Å². The Morgan fingerprint density at radius 1 is 1.09 bits per heavy atom. The summed E-state index contributed by atoms with van der Waals surface area (Å²) in [4.78, 5) is 9.15. The molecule has 0 fully saturated rings. The van der Waals surface area contributed by atoms with E-state index in [1.807, 2.05) is 42.8 Å². The van der Waals surface area contributed by atoms with E-state index in [-0.39, 0.29) is 0 Å². The van der Waals surface area contributed by atoms with Crippen LogP contribution in [0.15, 0.2) is 42.7 Å². The number of benzene rings is 1. The lowest BCUT2D eigenvalue weighted by atomic mass is 10.00. The summed E-state index contributed by atoms with van der Waals surface area (Å²) in [5, 5.41) is 5.60. The molecular formula is C18H16N4O. The first-order valence-corrected chi connectivity index (χ1v) is 7.43. The molecule has 3 heterocycles. The second-order valence-electron chi connectivity index (χ2n) is 5.51. The van der Waals surface area contributed by atoms with Gasteiger partial charge >= 0.3 is 0 Å². The number of aryl methyl sites for hydroxylation is 2. The van der Waals surface area contributed by atoms with Crippen LogP contribution in [0.4, 0.5) is 0 Å². The van der Waals surface area contributed by atoms with Gasteiger partial charge in [-0.1, -0.05) is 6.07 Å². The predicted molar refractivity (Wildman–Crippen MR) is 89.8 cm³/mol. The smallest absolute Gasteiger partial charge is 0.163 e. The number of pyridine rings is 1. The van der Waals surface area contributed by atoms with Gasteiger partial charge in [-0.2, -0.15) is 5.10 Å². The van der Waals surface area contributed by atoms with E-state index in [4.69, 9.17) is 4.74 Å². The maximum Gasteiger partial charge on any atom is 0.163 e. The number of hydrogen-bond donors (Lipinski definition) is 0. The van der Waals surface area contributed by atoms with Gasteiger partial charge in [0.15, 0.2) is 5.65 Å². The van der Waals surface area contributed by atoms with Gasteiger partial charge in [0.05, 0.1) is 18.4 Å². The molecule has 4 aromatic rings. The molecule has 0 aliphatic heterocycles. The average Bonchev–Trinajstić information content (AvgIpc) is 2.89. The molecule has 0 aliphatic carbocycles. The zero-order chi connectivity index (χ0) is 16.0. The molecule has 5 heteroatoms. The fourth-order valence-electron chi connectivity index (χ4n) is 2.98. The van der Waals surface area contributed by atoms with Crippen molar-refractivity contribution < 1.29 is 4.74 Å². The van der Waals surface area contributed by atoms with Gasteiger partial charge < -0.3 is 4.74 Å². The Morgan fingerprint density at radius 2 is 1.96 bits per heavy atom. The third-order valence-electron chi connectivity index (χ3n) is 4.02. The molecule has 23 heavy (non-hydrogen) atoms. The Morgan fingerprint density at radius 3 is 2.78 bits per heavy atom. The molecule has 0 atom stereocenters. The highest BCUT2D eigenvalue weighted by molar-refractivity contribution is 6.01. The number of aromatic nitrogens is 4. The van der Waals surface area contributed by atoms with Crippen LogP contribution in [0.3, 0.4) is 0 Å². The fraction of sp³-hybridized carbons (Fsp3) is 0.167. The molecular weight excluding hydrogens is 288 g/mol. The number of hydrogen-bond acceptors (Lipinski definition) is 4. The maximum atomic E-state index is 5.47. The van der Waals surface area contributed by atoms with E-state index in [1.165, 1.54) is 0 Å². The summed E-state index contributed by atoms with van der Waals surface area (Å²) in [7, 11) is 1.67. The first kappa shape index (κ1) is 13.7. The number of nitrogens with zero attached hydrogens (tertiary/aromatic N) is 4.